The molecule has 1 aliphatic rings. The Bertz CT molecular complexity index is 1300. The average Bonchev–Trinajstić information content (AvgIpc) is 3.17. The van der Waals surface area contributed by atoms with E-state index < -0.39 is 16.5 Å². The van der Waals surface area contributed by atoms with Gasteiger partial charge in [-0.05, 0) is 65.6 Å². The fourth-order valence-corrected chi connectivity index (χ4v) is 4.51. The Hall–Kier alpha value is -2.76. The van der Waals surface area contributed by atoms with Crippen molar-refractivity contribution >= 4 is 21.3 Å². The van der Waals surface area contributed by atoms with Gasteiger partial charge in [0.25, 0.3) is 0 Å². The molecule has 1 heterocycles. The number of phenolic OH excluding ortho intramolecular Hbond substituents is 1. The number of fused-ring (bicyclic) bond motifs is 2. The molecule has 0 saturated carbocycles. The fraction of sp³-hybridized carbons (Fsp3) is 0.375. The van der Waals surface area contributed by atoms with Crippen molar-refractivity contribution < 1.29 is 29.2 Å². The molecule has 34 heavy (non-hydrogen) atoms. The Kier molecular flexibility index (Phi) is 8.11. The van der Waals surface area contributed by atoms with Crippen molar-refractivity contribution in [2.24, 2.45) is 0 Å². The molecular weight excluding hydrogens is 460 g/mol. The molecular formula is C24H30N2O7S. The van der Waals surface area contributed by atoms with E-state index in [0.717, 1.165) is 25.7 Å². The number of aromatic amines is 1. The van der Waals surface area contributed by atoms with E-state index in [9.17, 15) is 15.0 Å². The monoisotopic (exact) mass is 490 g/mol. The summed E-state index contributed by atoms with van der Waals surface area (Å²) in [6.45, 7) is 4.83. The Balaban J connectivity index is 0.000000656. The number of aromatic hydroxyl groups is 1. The van der Waals surface area contributed by atoms with Gasteiger partial charge in [0.1, 0.15) is 5.75 Å². The quantitative estimate of drug-likeness (QED) is 0.259. The lowest BCUT2D eigenvalue weighted by Crippen LogP contribution is -2.33. The third-order valence-corrected chi connectivity index (χ3v) is 6.08. The van der Waals surface area contributed by atoms with Crippen LogP contribution in [0.2, 0.25) is 0 Å². The van der Waals surface area contributed by atoms with Crippen LogP contribution in [0.3, 0.4) is 0 Å². The minimum Gasteiger partial charge on any atom is -0.726 e. The first kappa shape index (κ1) is 25.9. The van der Waals surface area contributed by atoms with Crippen LogP contribution in [0.5, 0.6) is 5.75 Å². The molecule has 1 atom stereocenters. The number of benzene rings is 2. The number of aliphatic hydroxyl groups excluding tert-OH is 1. The molecule has 0 saturated heterocycles. The van der Waals surface area contributed by atoms with E-state index in [0.29, 0.717) is 29.1 Å². The second-order valence-corrected chi connectivity index (χ2v) is 9.19. The van der Waals surface area contributed by atoms with Crippen LogP contribution >= 0.6 is 0 Å². The van der Waals surface area contributed by atoms with E-state index >= 15 is 0 Å². The minimum absolute atomic E-state index is 0. The fourth-order valence-electron chi connectivity index (χ4n) is 4.51. The second-order valence-electron chi connectivity index (χ2n) is 8.34. The Morgan fingerprint density at radius 2 is 1.68 bits per heavy atom. The van der Waals surface area contributed by atoms with Gasteiger partial charge in [-0.2, -0.15) is 0 Å². The molecule has 0 aliphatic heterocycles. The zero-order chi connectivity index (χ0) is 25.0. The molecule has 2 aromatic carbocycles. The Morgan fingerprint density at radius 3 is 2.21 bits per heavy atom. The van der Waals surface area contributed by atoms with Crippen molar-refractivity contribution in [2.45, 2.75) is 51.7 Å². The zero-order valence-corrected chi connectivity index (χ0v) is 19.9. The highest BCUT2D eigenvalue weighted by Gasteiger charge is 2.24. The number of nitrogens with one attached hydrogen (secondary N) is 2. The van der Waals surface area contributed by atoms with Gasteiger partial charge < -0.3 is 25.1 Å². The number of pyridine rings is 1. The maximum absolute atomic E-state index is 11.6. The van der Waals surface area contributed by atoms with Gasteiger partial charge in [0.05, 0.1) is 11.6 Å². The van der Waals surface area contributed by atoms with E-state index in [1.54, 1.807) is 12.1 Å². The van der Waals surface area contributed by atoms with Crippen molar-refractivity contribution in [1.29, 1.82) is 0 Å². The number of aromatic nitrogens is 1. The lowest BCUT2D eigenvalue weighted by molar-refractivity contribution is 0.171. The molecule has 184 valence electrons. The topological polar surface area (TPSA) is 163 Å². The Labute approximate surface area is 199 Å². The first-order chi connectivity index (χ1) is 16.0. The summed E-state index contributed by atoms with van der Waals surface area (Å²) in [4.78, 5) is 14.2. The van der Waals surface area contributed by atoms with Gasteiger partial charge >= 0.3 is 1.43 Å². The number of aliphatic hydroxyl groups is 1. The van der Waals surface area contributed by atoms with Crippen LogP contribution in [0.1, 0.15) is 49.2 Å². The van der Waals surface area contributed by atoms with Crippen molar-refractivity contribution in [3.05, 3.63) is 74.6 Å². The van der Waals surface area contributed by atoms with Crippen LogP contribution in [0.15, 0.2) is 41.2 Å². The summed E-state index contributed by atoms with van der Waals surface area (Å²) in [5, 5.41) is 25.0. The first-order valence-corrected chi connectivity index (χ1v) is 12.4. The molecule has 3 aromatic rings. The molecule has 5 N–H and O–H groups in total. The average molecular weight is 491 g/mol. The molecule has 0 bridgehead atoms. The molecule has 0 fully saturated rings. The largest absolute Gasteiger partial charge is 1.00 e. The molecule has 0 amide bonds. The minimum atomic E-state index is -4.92. The lowest BCUT2D eigenvalue weighted by atomic mass is 9.97. The molecule has 1 aliphatic carbocycles. The Morgan fingerprint density at radius 1 is 1.12 bits per heavy atom. The molecule has 1 aromatic heterocycles. The van der Waals surface area contributed by atoms with Crippen molar-refractivity contribution in [3.8, 4) is 5.75 Å². The van der Waals surface area contributed by atoms with Gasteiger partial charge in [-0.25, -0.2) is 8.42 Å². The number of rotatable bonds is 6. The van der Waals surface area contributed by atoms with Crippen LogP contribution in [0.4, 0.5) is 0 Å². The number of hydrogen-bond acceptors (Lipinski definition) is 7. The van der Waals surface area contributed by atoms with Gasteiger partial charge in [0.15, 0.2) is 0 Å². The third kappa shape index (κ3) is 6.43. The van der Waals surface area contributed by atoms with E-state index in [2.05, 4.69) is 36.3 Å². The van der Waals surface area contributed by atoms with E-state index in [1.807, 2.05) is 0 Å². The van der Waals surface area contributed by atoms with Gasteiger partial charge in [-0.15, -0.1) is 0 Å². The first-order valence-electron chi connectivity index (χ1n) is 11.1. The third-order valence-electron chi connectivity index (χ3n) is 6.08. The smallest absolute Gasteiger partial charge is 0.726 e. The lowest BCUT2D eigenvalue weighted by Gasteiger charge is -2.18. The maximum atomic E-state index is 11.6. The number of H-pyrrole nitrogens is 1. The molecule has 0 radical (unpaired) electrons. The maximum Gasteiger partial charge on any atom is 1.00 e. The summed E-state index contributed by atoms with van der Waals surface area (Å²) in [6, 6.07) is 11.3. The molecule has 0 spiro atoms. The van der Waals surface area contributed by atoms with Crippen LogP contribution in [-0.4, -0.2) is 45.3 Å². The predicted molar refractivity (Wildman–Crippen MR) is 129 cm³/mol. The number of phenols is 1. The summed E-state index contributed by atoms with van der Waals surface area (Å²) in [5.41, 5.74) is 6.49. The summed E-state index contributed by atoms with van der Waals surface area (Å²) in [7, 11) is -4.92. The highest BCUT2D eigenvalue weighted by molar-refractivity contribution is 7.79. The van der Waals surface area contributed by atoms with Crippen LogP contribution < -0.4 is 10.9 Å². The van der Waals surface area contributed by atoms with Gasteiger partial charge in [0.2, 0.25) is 16.0 Å². The normalized spacial score (nSPS) is 14.5. The molecule has 9 nitrogen and oxygen atoms in total. The van der Waals surface area contributed by atoms with Crippen LogP contribution in [0.25, 0.3) is 10.9 Å². The summed E-state index contributed by atoms with van der Waals surface area (Å²) in [5.74, 6) is 0.00584. The van der Waals surface area contributed by atoms with Crippen molar-refractivity contribution in [3.63, 3.8) is 0 Å². The SMILES string of the molecule is CCc1cc2c(cc1CC)CC(NCC(O)c1ccc(O)c3[nH]c(=O)ccc13)C2.O=S(=O)([O-])O.[H+]. The zero-order valence-electron chi connectivity index (χ0n) is 20.0. The number of hydrogen-bond donors (Lipinski definition) is 5. The van der Waals surface area contributed by atoms with Gasteiger partial charge in [-0.1, -0.05) is 32.0 Å². The van der Waals surface area contributed by atoms with Crippen molar-refractivity contribution in [2.75, 3.05) is 6.54 Å². The summed E-state index contributed by atoms with van der Waals surface area (Å²) >= 11 is 0. The van der Waals surface area contributed by atoms with E-state index in [4.69, 9.17) is 17.5 Å². The van der Waals surface area contributed by atoms with Gasteiger partial charge in [0, 0.05) is 24.0 Å². The summed E-state index contributed by atoms with van der Waals surface area (Å²) < 4.78 is 32.8. The van der Waals surface area contributed by atoms with Gasteiger partial charge in [-0.3, -0.25) is 9.35 Å². The predicted octanol–water partition coefficient (Wildman–Crippen LogP) is 2.27. The van der Waals surface area contributed by atoms with Crippen LogP contribution in [-0.2, 0) is 36.1 Å². The molecule has 10 heteroatoms. The molecule has 4 rings (SSSR count). The van der Waals surface area contributed by atoms with Crippen LogP contribution in [0, 0.1) is 0 Å². The van der Waals surface area contributed by atoms with E-state index in [1.165, 1.54) is 34.4 Å². The van der Waals surface area contributed by atoms with E-state index in [-0.39, 0.29) is 12.7 Å². The molecule has 1 unspecified atom stereocenters. The standard InChI is InChI=1S/C24H28N2O3.H2O4S/c1-3-14-9-16-11-18(12-17(16)10-15(14)4-2)25-13-22(28)19-5-7-21(27)24-20(19)6-8-23(29)26-24;1-5(2,3)4/h5-10,18,22,25,27-28H,3-4,11-13H2,1-2H3,(H,26,29);(H2,1,2,3,4). The number of aryl methyl sites for hydroxylation is 2. The summed E-state index contributed by atoms with van der Waals surface area (Å²) in [6.07, 6.45) is 3.34. The second kappa shape index (κ2) is 10.7. The highest BCUT2D eigenvalue weighted by atomic mass is 32.3. The van der Waals surface area contributed by atoms with Crippen molar-refractivity contribution in [1.82, 2.24) is 10.3 Å². The highest BCUT2D eigenvalue weighted by Crippen LogP contribution is 2.30.